The van der Waals surface area contributed by atoms with E-state index < -0.39 is 6.36 Å². The molecule has 0 spiro atoms. The predicted molar refractivity (Wildman–Crippen MR) is 135 cm³/mol. The highest BCUT2D eigenvalue weighted by Gasteiger charge is 2.31. The van der Waals surface area contributed by atoms with Gasteiger partial charge < -0.3 is 14.5 Å². The average molecular weight is 525 g/mol. The standard InChI is InChI=1S/C28H24F4N4O2/c1-35(27(37)19-8-12-22(13-9-19)38-28(30,31)32)21-14-16-36(17-15-21)26-24-5-3-2-4-23(24)25(33-34-26)18-6-10-20(29)11-7-18/h2-13,21H,14-17H2,1H3. The Morgan fingerprint density at radius 3 is 2.18 bits per heavy atom. The summed E-state index contributed by atoms with van der Waals surface area (Å²) in [4.78, 5) is 16.7. The Bertz CT molecular complexity index is 1430. The number of benzene rings is 3. The largest absolute Gasteiger partial charge is 0.573 e. The molecule has 0 saturated carbocycles. The molecule has 1 aliphatic rings. The van der Waals surface area contributed by atoms with E-state index >= 15 is 0 Å². The summed E-state index contributed by atoms with van der Waals surface area (Å²) in [5, 5.41) is 10.8. The van der Waals surface area contributed by atoms with E-state index in [9.17, 15) is 22.4 Å². The SMILES string of the molecule is CN(C(=O)c1ccc(OC(F)(F)F)cc1)C1CCN(c2nnc(-c3ccc(F)cc3)c3ccccc23)CC1. The van der Waals surface area contributed by atoms with Crippen molar-refractivity contribution in [1.29, 1.82) is 0 Å². The molecule has 5 rings (SSSR count). The Morgan fingerprint density at radius 1 is 0.921 bits per heavy atom. The normalized spacial score (nSPS) is 14.5. The monoisotopic (exact) mass is 524 g/mol. The second kappa shape index (κ2) is 10.3. The van der Waals surface area contributed by atoms with E-state index in [4.69, 9.17) is 0 Å². The fraction of sp³-hybridized carbons (Fsp3) is 0.250. The second-order valence-electron chi connectivity index (χ2n) is 9.13. The van der Waals surface area contributed by atoms with E-state index in [1.54, 1.807) is 24.1 Å². The lowest BCUT2D eigenvalue weighted by Gasteiger charge is -2.37. The fourth-order valence-electron chi connectivity index (χ4n) is 4.78. The van der Waals surface area contributed by atoms with Gasteiger partial charge in [0, 0.05) is 48.1 Å². The minimum Gasteiger partial charge on any atom is -0.406 e. The van der Waals surface area contributed by atoms with Crippen molar-refractivity contribution in [3.05, 3.63) is 84.2 Å². The van der Waals surface area contributed by atoms with Crippen LogP contribution in [0.25, 0.3) is 22.0 Å². The highest BCUT2D eigenvalue weighted by atomic mass is 19.4. The molecular formula is C28H24F4N4O2. The maximum absolute atomic E-state index is 13.4. The highest BCUT2D eigenvalue weighted by molar-refractivity contribution is 6.00. The van der Waals surface area contributed by atoms with Gasteiger partial charge in [0.05, 0.1) is 0 Å². The van der Waals surface area contributed by atoms with E-state index in [1.807, 2.05) is 24.3 Å². The number of fused-ring (bicyclic) bond motifs is 1. The average Bonchev–Trinajstić information content (AvgIpc) is 2.92. The molecule has 1 fully saturated rings. The number of hydrogen-bond donors (Lipinski definition) is 0. The van der Waals surface area contributed by atoms with Gasteiger partial charge in [0.25, 0.3) is 5.91 Å². The molecule has 196 valence electrons. The maximum atomic E-state index is 13.4. The maximum Gasteiger partial charge on any atom is 0.573 e. The lowest BCUT2D eigenvalue weighted by molar-refractivity contribution is -0.274. The van der Waals surface area contributed by atoms with Crippen LogP contribution >= 0.6 is 0 Å². The third-order valence-corrected chi connectivity index (χ3v) is 6.75. The number of carbonyl (C=O) groups is 1. The topological polar surface area (TPSA) is 58.6 Å². The van der Waals surface area contributed by atoms with Gasteiger partial charge in [0.1, 0.15) is 17.3 Å². The van der Waals surface area contributed by atoms with Crippen molar-refractivity contribution in [2.24, 2.45) is 0 Å². The number of nitrogens with zero attached hydrogens (tertiary/aromatic N) is 4. The molecule has 0 bridgehead atoms. The Kier molecular flexibility index (Phi) is 6.88. The summed E-state index contributed by atoms with van der Waals surface area (Å²) < 4.78 is 54.5. The van der Waals surface area contributed by atoms with Crippen LogP contribution in [0.2, 0.25) is 0 Å². The molecule has 4 aromatic rings. The number of ether oxygens (including phenoxy) is 1. The number of hydrogen-bond acceptors (Lipinski definition) is 5. The first-order valence-electron chi connectivity index (χ1n) is 12.1. The minimum absolute atomic E-state index is 0.0393. The Morgan fingerprint density at radius 2 is 1.55 bits per heavy atom. The molecule has 0 atom stereocenters. The summed E-state index contributed by atoms with van der Waals surface area (Å²) in [6.07, 6.45) is -3.41. The van der Waals surface area contributed by atoms with Crippen LogP contribution in [0, 0.1) is 5.82 Å². The van der Waals surface area contributed by atoms with Gasteiger partial charge in [-0.3, -0.25) is 4.79 Å². The van der Waals surface area contributed by atoms with Crippen molar-refractivity contribution in [2.75, 3.05) is 25.0 Å². The number of aromatic nitrogens is 2. The molecule has 1 aliphatic heterocycles. The molecule has 1 saturated heterocycles. The van der Waals surface area contributed by atoms with Crippen LogP contribution in [0.4, 0.5) is 23.4 Å². The van der Waals surface area contributed by atoms with E-state index in [0.29, 0.717) is 31.6 Å². The van der Waals surface area contributed by atoms with Gasteiger partial charge in [-0.15, -0.1) is 23.4 Å². The molecule has 0 unspecified atom stereocenters. The number of piperidine rings is 1. The first-order chi connectivity index (χ1) is 18.2. The zero-order valence-corrected chi connectivity index (χ0v) is 20.5. The molecule has 1 aromatic heterocycles. The van der Waals surface area contributed by atoms with E-state index in [1.165, 1.54) is 24.3 Å². The van der Waals surface area contributed by atoms with Crippen LogP contribution in [-0.2, 0) is 0 Å². The van der Waals surface area contributed by atoms with Crippen molar-refractivity contribution in [2.45, 2.75) is 25.2 Å². The summed E-state index contributed by atoms with van der Waals surface area (Å²) in [5.41, 5.74) is 1.74. The number of alkyl halides is 3. The van der Waals surface area contributed by atoms with Crippen molar-refractivity contribution in [1.82, 2.24) is 15.1 Å². The first-order valence-corrected chi connectivity index (χ1v) is 12.1. The van der Waals surface area contributed by atoms with E-state index in [0.717, 1.165) is 34.3 Å². The van der Waals surface area contributed by atoms with Crippen molar-refractivity contribution < 1.29 is 27.1 Å². The van der Waals surface area contributed by atoms with Crippen molar-refractivity contribution >= 4 is 22.5 Å². The van der Waals surface area contributed by atoms with Gasteiger partial charge >= 0.3 is 6.36 Å². The number of amides is 1. The summed E-state index contributed by atoms with van der Waals surface area (Å²) >= 11 is 0. The predicted octanol–water partition coefficient (Wildman–Crippen LogP) is 6.08. The van der Waals surface area contributed by atoms with Crippen molar-refractivity contribution in [3.63, 3.8) is 0 Å². The van der Waals surface area contributed by atoms with Crippen LogP contribution in [0.15, 0.2) is 72.8 Å². The number of anilines is 1. The second-order valence-corrected chi connectivity index (χ2v) is 9.13. The van der Waals surface area contributed by atoms with Crippen LogP contribution in [0.5, 0.6) is 5.75 Å². The molecule has 0 N–H and O–H groups in total. The lowest BCUT2D eigenvalue weighted by atomic mass is 10.0. The Labute approximate surface area is 216 Å². The molecule has 10 heteroatoms. The molecule has 38 heavy (non-hydrogen) atoms. The number of rotatable bonds is 5. The zero-order chi connectivity index (χ0) is 26.9. The lowest BCUT2D eigenvalue weighted by Crippen LogP contribution is -2.46. The molecular weight excluding hydrogens is 500 g/mol. The van der Waals surface area contributed by atoms with Gasteiger partial charge in [-0.05, 0) is 61.4 Å². The van der Waals surface area contributed by atoms with E-state index in [-0.39, 0.29) is 29.1 Å². The number of carbonyl (C=O) groups excluding carboxylic acids is 1. The van der Waals surface area contributed by atoms with Crippen molar-refractivity contribution in [3.8, 4) is 17.0 Å². The quantitative estimate of drug-likeness (QED) is 0.297. The molecule has 0 aliphatic carbocycles. The molecule has 3 aromatic carbocycles. The van der Waals surface area contributed by atoms with Crippen LogP contribution in [-0.4, -0.2) is 53.5 Å². The van der Waals surface area contributed by atoms with Crippen LogP contribution in [0.1, 0.15) is 23.2 Å². The zero-order valence-electron chi connectivity index (χ0n) is 20.5. The van der Waals surface area contributed by atoms with Gasteiger partial charge in [0.15, 0.2) is 5.82 Å². The highest BCUT2D eigenvalue weighted by Crippen LogP contribution is 2.33. The first kappa shape index (κ1) is 25.4. The Hall–Kier alpha value is -4.21. The summed E-state index contributed by atoms with van der Waals surface area (Å²) in [5.74, 6) is -0.208. The van der Waals surface area contributed by atoms with Gasteiger partial charge in [-0.1, -0.05) is 24.3 Å². The van der Waals surface area contributed by atoms with Crippen LogP contribution < -0.4 is 9.64 Å². The molecule has 0 radical (unpaired) electrons. The van der Waals surface area contributed by atoms with Gasteiger partial charge in [-0.2, -0.15) is 0 Å². The summed E-state index contributed by atoms with van der Waals surface area (Å²) in [6, 6.07) is 18.9. The minimum atomic E-state index is -4.78. The number of halogens is 4. The smallest absolute Gasteiger partial charge is 0.406 e. The third-order valence-electron chi connectivity index (χ3n) is 6.75. The van der Waals surface area contributed by atoms with E-state index in [2.05, 4.69) is 19.8 Å². The summed E-state index contributed by atoms with van der Waals surface area (Å²) in [6.45, 7) is 1.30. The van der Waals surface area contributed by atoms with Gasteiger partial charge in [0.2, 0.25) is 0 Å². The molecule has 6 nitrogen and oxygen atoms in total. The van der Waals surface area contributed by atoms with Gasteiger partial charge in [-0.25, -0.2) is 4.39 Å². The Balaban J connectivity index is 1.28. The molecule has 2 heterocycles. The van der Waals surface area contributed by atoms with Crippen LogP contribution in [0.3, 0.4) is 0 Å². The molecule has 1 amide bonds. The third kappa shape index (κ3) is 5.39. The fourth-order valence-corrected chi connectivity index (χ4v) is 4.78. The summed E-state index contributed by atoms with van der Waals surface area (Å²) in [7, 11) is 1.70.